The van der Waals surface area contributed by atoms with Crippen LogP contribution in [0.25, 0.3) is 17.0 Å². The molecule has 0 aliphatic heterocycles. The van der Waals surface area contributed by atoms with Crippen molar-refractivity contribution < 1.29 is 4.79 Å². The van der Waals surface area contributed by atoms with Gasteiger partial charge in [0.1, 0.15) is 11.6 Å². The maximum atomic E-state index is 12.4. The first-order valence-electron chi connectivity index (χ1n) is 7.73. The average molecular weight is 315 g/mol. The van der Waals surface area contributed by atoms with E-state index in [1.165, 1.54) is 0 Å². The van der Waals surface area contributed by atoms with E-state index in [-0.39, 0.29) is 17.5 Å². The fourth-order valence-corrected chi connectivity index (χ4v) is 2.62. The van der Waals surface area contributed by atoms with Crippen molar-refractivity contribution in [2.75, 3.05) is 0 Å². The van der Waals surface area contributed by atoms with Crippen molar-refractivity contribution in [3.63, 3.8) is 0 Å². The van der Waals surface area contributed by atoms with Crippen LogP contribution in [0.15, 0.2) is 66.4 Å². The van der Waals surface area contributed by atoms with Gasteiger partial charge in [0, 0.05) is 22.7 Å². The summed E-state index contributed by atoms with van der Waals surface area (Å²) < 4.78 is 0. The second-order valence-corrected chi connectivity index (χ2v) is 5.57. The molecule has 0 aliphatic carbocycles. The van der Waals surface area contributed by atoms with Crippen LogP contribution in [-0.2, 0) is 4.79 Å². The molecule has 1 unspecified atom stereocenters. The molecule has 118 valence electrons. The standard InChI is InChI=1S/C20H17N3O/c1-14(15-7-3-2-4-8-15)23-20(24)16(12-21)11-17-13-22-19-10-6-5-9-18(17)19/h2-11,13-14,22H,1H3,(H,23,24)/b16-11-. The summed E-state index contributed by atoms with van der Waals surface area (Å²) >= 11 is 0. The molecule has 0 saturated heterocycles. The molecule has 0 fully saturated rings. The van der Waals surface area contributed by atoms with Gasteiger partial charge >= 0.3 is 0 Å². The lowest BCUT2D eigenvalue weighted by Crippen LogP contribution is -2.27. The van der Waals surface area contributed by atoms with Gasteiger partial charge in [0.2, 0.25) is 0 Å². The van der Waals surface area contributed by atoms with Gasteiger partial charge in [-0.1, -0.05) is 48.5 Å². The molecule has 2 N–H and O–H groups in total. The molecule has 3 aromatic rings. The maximum absolute atomic E-state index is 12.4. The first-order valence-corrected chi connectivity index (χ1v) is 7.73. The Balaban J connectivity index is 1.83. The van der Waals surface area contributed by atoms with E-state index >= 15 is 0 Å². The number of carbonyl (C=O) groups is 1. The first kappa shape index (κ1) is 15.6. The summed E-state index contributed by atoms with van der Waals surface area (Å²) in [4.78, 5) is 15.5. The largest absolute Gasteiger partial charge is 0.361 e. The van der Waals surface area contributed by atoms with Crippen molar-refractivity contribution >= 4 is 22.9 Å². The number of benzene rings is 2. The zero-order chi connectivity index (χ0) is 16.9. The predicted octanol–water partition coefficient (Wildman–Crippen LogP) is 3.95. The monoisotopic (exact) mass is 315 g/mol. The number of nitriles is 1. The summed E-state index contributed by atoms with van der Waals surface area (Å²) in [6, 6.07) is 19.3. The van der Waals surface area contributed by atoms with Crippen LogP contribution in [0.3, 0.4) is 0 Å². The average Bonchev–Trinajstić information content (AvgIpc) is 3.03. The van der Waals surface area contributed by atoms with Gasteiger partial charge in [-0.25, -0.2) is 0 Å². The smallest absolute Gasteiger partial charge is 0.262 e. The Morgan fingerprint density at radius 3 is 2.62 bits per heavy atom. The number of aromatic amines is 1. The van der Waals surface area contributed by atoms with Gasteiger partial charge < -0.3 is 10.3 Å². The number of carbonyl (C=O) groups excluding carboxylic acids is 1. The number of hydrogen-bond acceptors (Lipinski definition) is 2. The number of para-hydroxylation sites is 1. The van der Waals surface area contributed by atoms with E-state index in [0.717, 1.165) is 22.0 Å². The molecular weight excluding hydrogens is 298 g/mol. The van der Waals surface area contributed by atoms with Gasteiger partial charge in [-0.15, -0.1) is 0 Å². The number of fused-ring (bicyclic) bond motifs is 1. The molecule has 2 aromatic carbocycles. The van der Waals surface area contributed by atoms with Crippen molar-refractivity contribution in [1.82, 2.24) is 10.3 Å². The predicted molar refractivity (Wildman–Crippen MR) is 94.9 cm³/mol. The van der Waals surface area contributed by atoms with E-state index in [2.05, 4.69) is 10.3 Å². The third-order valence-corrected chi connectivity index (χ3v) is 3.93. The van der Waals surface area contributed by atoms with Gasteiger partial charge in [-0.3, -0.25) is 4.79 Å². The second-order valence-electron chi connectivity index (χ2n) is 5.57. The van der Waals surface area contributed by atoms with Crippen molar-refractivity contribution in [3.8, 4) is 6.07 Å². The van der Waals surface area contributed by atoms with Crippen LogP contribution >= 0.6 is 0 Å². The molecule has 0 spiro atoms. The molecule has 0 bridgehead atoms. The minimum Gasteiger partial charge on any atom is -0.361 e. The minimum absolute atomic E-state index is 0.0857. The zero-order valence-corrected chi connectivity index (χ0v) is 13.3. The molecule has 24 heavy (non-hydrogen) atoms. The van der Waals surface area contributed by atoms with Gasteiger partial charge in [0.05, 0.1) is 6.04 Å². The van der Waals surface area contributed by atoms with Crippen LogP contribution in [0.5, 0.6) is 0 Å². The summed E-state index contributed by atoms with van der Waals surface area (Å²) in [5.41, 5.74) is 2.88. The molecule has 0 aliphatic rings. The second kappa shape index (κ2) is 6.84. The molecule has 4 nitrogen and oxygen atoms in total. The van der Waals surface area contributed by atoms with Crippen molar-refractivity contribution in [1.29, 1.82) is 5.26 Å². The Morgan fingerprint density at radius 2 is 1.88 bits per heavy atom. The highest BCUT2D eigenvalue weighted by Gasteiger charge is 2.14. The van der Waals surface area contributed by atoms with Gasteiger partial charge in [0.15, 0.2) is 0 Å². The van der Waals surface area contributed by atoms with Crippen LogP contribution in [-0.4, -0.2) is 10.9 Å². The fraction of sp³-hybridized carbons (Fsp3) is 0.100. The number of nitrogens with one attached hydrogen (secondary N) is 2. The number of H-pyrrole nitrogens is 1. The van der Waals surface area contributed by atoms with E-state index in [9.17, 15) is 10.1 Å². The molecular formula is C20H17N3O. The fourth-order valence-electron chi connectivity index (χ4n) is 2.62. The zero-order valence-electron chi connectivity index (χ0n) is 13.3. The van der Waals surface area contributed by atoms with E-state index < -0.39 is 0 Å². The van der Waals surface area contributed by atoms with Crippen molar-refractivity contribution in [2.45, 2.75) is 13.0 Å². The molecule has 3 rings (SSSR count). The summed E-state index contributed by atoms with van der Waals surface area (Å²) in [5, 5.41) is 13.2. The topological polar surface area (TPSA) is 68.7 Å². The van der Waals surface area contributed by atoms with E-state index in [4.69, 9.17) is 0 Å². The summed E-state index contributed by atoms with van der Waals surface area (Å²) in [7, 11) is 0. The molecule has 1 amide bonds. The number of aromatic nitrogens is 1. The molecule has 1 heterocycles. The van der Waals surface area contributed by atoms with Gasteiger partial charge in [0.25, 0.3) is 5.91 Å². The lowest BCUT2D eigenvalue weighted by molar-refractivity contribution is -0.117. The summed E-state index contributed by atoms with van der Waals surface area (Å²) in [6.45, 7) is 1.90. The van der Waals surface area contributed by atoms with Crippen LogP contribution in [0.2, 0.25) is 0 Å². The highest BCUT2D eigenvalue weighted by Crippen LogP contribution is 2.20. The molecule has 4 heteroatoms. The quantitative estimate of drug-likeness (QED) is 0.565. The van der Waals surface area contributed by atoms with Gasteiger partial charge in [-0.05, 0) is 24.6 Å². The third kappa shape index (κ3) is 3.21. The Hall–Kier alpha value is -3.32. The van der Waals surface area contributed by atoms with Crippen LogP contribution < -0.4 is 5.32 Å². The van der Waals surface area contributed by atoms with Crippen LogP contribution in [0, 0.1) is 11.3 Å². The number of rotatable bonds is 4. The van der Waals surface area contributed by atoms with Crippen LogP contribution in [0.4, 0.5) is 0 Å². The third-order valence-electron chi connectivity index (χ3n) is 3.93. The number of hydrogen-bond donors (Lipinski definition) is 2. The molecule has 0 saturated carbocycles. The Labute approximate surface area is 140 Å². The van der Waals surface area contributed by atoms with Gasteiger partial charge in [-0.2, -0.15) is 5.26 Å². The Bertz CT molecular complexity index is 932. The molecule has 0 radical (unpaired) electrons. The number of nitrogens with zero attached hydrogens (tertiary/aromatic N) is 1. The summed E-state index contributed by atoms with van der Waals surface area (Å²) in [6.07, 6.45) is 3.42. The number of amides is 1. The molecule has 1 aromatic heterocycles. The highest BCUT2D eigenvalue weighted by molar-refractivity contribution is 6.04. The lowest BCUT2D eigenvalue weighted by atomic mass is 10.1. The van der Waals surface area contributed by atoms with Crippen LogP contribution in [0.1, 0.15) is 24.1 Å². The van der Waals surface area contributed by atoms with E-state index in [1.54, 1.807) is 12.3 Å². The Morgan fingerprint density at radius 1 is 1.17 bits per heavy atom. The lowest BCUT2D eigenvalue weighted by Gasteiger charge is -2.13. The Kier molecular flexibility index (Phi) is 4.44. The maximum Gasteiger partial charge on any atom is 0.262 e. The summed E-state index contributed by atoms with van der Waals surface area (Å²) in [5.74, 6) is -0.376. The SMILES string of the molecule is CC(NC(=O)/C(C#N)=C\c1c[nH]c2ccccc12)c1ccccc1. The molecule has 1 atom stereocenters. The highest BCUT2D eigenvalue weighted by atomic mass is 16.1. The van der Waals surface area contributed by atoms with E-state index in [0.29, 0.717) is 0 Å². The normalized spacial score (nSPS) is 12.6. The minimum atomic E-state index is -0.376. The van der Waals surface area contributed by atoms with Crippen molar-refractivity contribution in [3.05, 3.63) is 77.5 Å². The first-order chi connectivity index (χ1) is 11.7. The van der Waals surface area contributed by atoms with Crippen molar-refractivity contribution in [2.24, 2.45) is 0 Å². The van der Waals surface area contributed by atoms with E-state index in [1.807, 2.05) is 67.6 Å².